The number of carboxylic acids is 1. The predicted molar refractivity (Wildman–Crippen MR) is 76.6 cm³/mol. The SMILES string of the molecule is O=C(NC1(C(=O)O)CCC1)c1c[nH]c2ccc([N+](=O)[O-])cc12. The van der Waals surface area contributed by atoms with Crippen molar-refractivity contribution in [1.29, 1.82) is 0 Å². The summed E-state index contributed by atoms with van der Waals surface area (Å²) in [5, 5.41) is 23.0. The maximum atomic E-state index is 12.3. The number of nitrogens with zero attached hydrogens (tertiary/aromatic N) is 1. The molecule has 0 bridgehead atoms. The van der Waals surface area contributed by atoms with Gasteiger partial charge in [0, 0.05) is 29.2 Å². The minimum absolute atomic E-state index is 0.127. The van der Waals surface area contributed by atoms with E-state index in [1.807, 2.05) is 0 Å². The largest absolute Gasteiger partial charge is 0.480 e. The number of hydrogen-bond donors (Lipinski definition) is 3. The van der Waals surface area contributed by atoms with Crippen LogP contribution in [0.15, 0.2) is 24.4 Å². The lowest BCUT2D eigenvalue weighted by atomic mass is 9.76. The first-order valence-electron chi connectivity index (χ1n) is 6.74. The number of amides is 1. The van der Waals surface area contributed by atoms with E-state index in [0.29, 0.717) is 23.7 Å². The molecular weight excluding hydrogens is 290 g/mol. The summed E-state index contributed by atoms with van der Waals surface area (Å²) in [5.41, 5.74) is -0.570. The molecular formula is C14H13N3O5. The first-order chi connectivity index (χ1) is 10.4. The quantitative estimate of drug-likeness (QED) is 0.586. The number of nitrogens with one attached hydrogen (secondary N) is 2. The number of aromatic nitrogens is 1. The van der Waals surface area contributed by atoms with Gasteiger partial charge in [0.25, 0.3) is 11.6 Å². The van der Waals surface area contributed by atoms with Crippen molar-refractivity contribution in [2.24, 2.45) is 0 Å². The van der Waals surface area contributed by atoms with Crippen LogP contribution in [0.25, 0.3) is 10.9 Å². The number of fused-ring (bicyclic) bond motifs is 1. The zero-order valence-electron chi connectivity index (χ0n) is 11.5. The van der Waals surface area contributed by atoms with Gasteiger partial charge in [-0.2, -0.15) is 0 Å². The molecule has 22 heavy (non-hydrogen) atoms. The van der Waals surface area contributed by atoms with Crippen molar-refractivity contribution < 1.29 is 19.6 Å². The molecule has 114 valence electrons. The van der Waals surface area contributed by atoms with Crippen LogP contribution in [-0.2, 0) is 4.79 Å². The molecule has 0 saturated heterocycles. The zero-order chi connectivity index (χ0) is 15.9. The van der Waals surface area contributed by atoms with E-state index in [4.69, 9.17) is 0 Å². The molecule has 0 radical (unpaired) electrons. The highest BCUT2D eigenvalue weighted by Crippen LogP contribution is 2.33. The van der Waals surface area contributed by atoms with Gasteiger partial charge < -0.3 is 15.4 Å². The molecule has 8 heteroatoms. The van der Waals surface area contributed by atoms with Crippen molar-refractivity contribution in [1.82, 2.24) is 10.3 Å². The number of carboxylic acid groups (broad SMARTS) is 1. The fourth-order valence-electron chi connectivity index (χ4n) is 2.62. The number of non-ortho nitro benzene ring substituents is 1. The maximum Gasteiger partial charge on any atom is 0.329 e. The second kappa shape index (κ2) is 4.83. The van der Waals surface area contributed by atoms with E-state index in [0.717, 1.165) is 6.42 Å². The Morgan fingerprint density at radius 2 is 2.09 bits per heavy atom. The molecule has 0 spiro atoms. The normalized spacial score (nSPS) is 16.0. The molecule has 1 aliphatic carbocycles. The van der Waals surface area contributed by atoms with E-state index >= 15 is 0 Å². The van der Waals surface area contributed by atoms with Crippen molar-refractivity contribution in [2.45, 2.75) is 24.8 Å². The van der Waals surface area contributed by atoms with Crippen LogP contribution in [0.5, 0.6) is 0 Å². The fraction of sp³-hybridized carbons (Fsp3) is 0.286. The summed E-state index contributed by atoms with van der Waals surface area (Å²) in [7, 11) is 0. The molecule has 1 aromatic heterocycles. The summed E-state index contributed by atoms with van der Waals surface area (Å²) in [6.45, 7) is 0. The monoisotopic (exact) mass is 303 g/mol. The number of H-pyrrole nitrogens is 1. The smallest absolute Gasteiger partial charge is 0.329 e. The van der Waals surface area contributed by atoms with Crippen molar-refractivity contribution in [2.75, 3.05) is 0 Å². The van der Waals surface area contributed by atoms with Crippen LogP contribution < -0.4 is 5.32 Å². The topological polar surface area (TPSA) is 125 Å². The van der Waals surface area contributed by atoms with E-state index in [9.17, 15) is 24.8 Å². The summed E-state index contributed by atoms with van der Waals surface area (Å²) in [4.78, 5) is 36.8. The van der Waals surface area contributed by atoms with Gasteiger partial charge in [-0.25, -0.2) is 4.79 Å². The van der Waals surface area contributed by atoms with E-state index in [1.54, 1.807) is 0 Å². The van der Waals surface area contributed by atoms with E-state index in [2.05, 4.69) is 10.3 Å². The first kappa shape index (κ1) is 14.1. The minimum atomic E-state index is -1.22. The fourth-order valence-corrected chi connectivity index (χ4v) is 2.62. The third kappa shape index (κ3) is 2.09. The minimum Gasteiger partial charge on any atom is -0.480 e. The van der Waals surface area contributed by atoms with Crippen LogP contribution >= 0.6 is 0 Å². The van der Waals surface area contributed by atoms with Gasteiger partial charge in [0.1, 0.15) is 5.54 Å². The second-order valence-corrected chi connectivity index (χ2v) is 5.38. The third-order valence-corrected chi connectivity index (χ3v) is 4.09. The Kier molecular flexibility index (Phi) is 3.09. The Hall–Kier alpha value is -2.90. The van der Waals surface area contributed by atoms with Gasteiger partial charge in [0.05, 0.1) is 10.5 Å². The number of nitro benzene ring substituents is 1. The van der Waals surface area contributed by atoms with E-state index in [1.165, 1.54) is 24.4 Å². The Morgan fingerprint density at radius 1 is 1.36 bits per heavy atom. The van der Waals surface area contributed by atoms with Crippen LogP contribution in [-0.4, -0.2) is 32.4 Å². The Bertz CT molecular complexity index is 791. The van der Waals surface area contributed by atoms with Crippen LogP contribution in [0.4, 0.5) is 5.69 Å². The number of carbonyl (C=O) groups is 2. The summed E-state index contributed by atoms with van der Waals surface area (Å²) in [6, 6.07) is 4.15. The van der Waals surface area contributed by atoms with Gasteiger partial charge in [-0.05, 0) is 25.3 Å². The van der Waals surface area contributed by atoms with Crippen molar-refractivity contribution >= 4 is 28.5 Å². The maximum absolute atomic E-state index is 12.3. The number of aliphatic carboxylic acids is 1. The van der Waals surface area contributed by atoms with Crippen molar-refractivity contribution in [3.05, 3.63) is 40.1 Å². The molecule has 2 aromatic rings. The van der Waals surface area contributed by atoms with Gasteiger partial charge >= 0.3 is 5.97 Å². The van der Waals surface area contributed by atoms with E-state index in [-0.39, 0.29) is 11.3 Å². The summed E-state index contributed by atoms with van der Waals surface area (Å²) in [6.07, 6.45) is 2.94. The van der Waals surface area contributed by atoms with Crippen LogP contribution in [0.2, 0.25) is 0 Å². The van der Waals surface area contributed by atoms with Gasteiger partial charge in [-0.3, -0.25) is 14.9 Å². The molecule has 1 aliphatic rings. The average Bonchev–Trinajstić information content (AvgIpc) is 2.85. The van der Waals surface area contributed by atoms with Crippen LogP contribution in [0.3, 0.4) is 0 Å². The van der Waals surface area contributed by atoms with Crippen molar-refractivity contribution in [3.63, 3.8) is 0 Å². The highest BCUT2D eigenvalue weighted by molar-refractivity contribution is 6.08. The standard InChI is InChI=1S/C14H13N3O5/c18-12(16-14(13(19)20)4-1-5-14)10-7-15-11-3-2-8(17(21)22)6-9(10)11/h2-3,6-7,15H,1,4-5H2,(H,16,18)(H,19,20). The Morgan fingerprint density at radius 3 is 2.64 bits per heavy atom. The molecule has 1 aromatic carbocycles. The molecule has 1 fully saturated rings. The molecule has 3 N–H and O–H groups in total. The molecule has 3 rings (SSSR count). The van der Waals surface area contributed by atoms with E-state index < -0.39 is 22.3 Å². The number of carbonyl (C=O) groups excluding carboxylic acids is 1. The van der Waals surface area contributed by atoms with Crippen LogP contribution in [0, 0.1) is 10.1 Å². The molecule has 1 heterocycles. The van der Waals surface area contributed by atoms with Gasteiger partial charge in [-0.1, -0.05) is 0 Å². The number of hydrogen-bond acceptors (Lipinski definition) is 4. The average molecular weight is 303 g/mol. The number of nitro groups is 1. The summed E-state index contributed by atoms with van der Waals surface area (Å²) < 4.78 is 0. The number of rotatable bonds is 4. The number of benzene rings is 1. The highest BCUT2D eigenvalue weighted by Gasteiger charge is 2.46. The zero-order valence-corrected chi connectivity index (χ0v) is 11.5. The number of aromatic amines is 1. The molecule has 8 nitrogen and oxygen atoms in total. The Balaban J connectivity index is 1.95. The van der Waals surface area contributed by atoms with Crippen LogP contribution in [0.1, 0.15) is 29.6 Å². The molecule has 1 saturated carbocycles. The molecule has 1 amide bonds. The van der Waals surface area contributed by atoms with Gasteiger partial charge in [0.15, 0.2) is 0 Å². The lowest BCUT2D eigenvalue weighted by Crippen LogP contribution is -2.59. The lowest BCUT2D eigenvalue weighted by molar-refractivity contribution is -0.384. The first-order valence-corrected chi connectivity index (χ1v) is 6.74. The molecule has 0 aliphatic heterocycles. The Labute approximate surface area is 124 Å². The summed E-state index contributed by atoms with van der Waals surface area (Å²) in [5.74, 6) is -1.60. The second-order valence-electron chi connectivity index (χ2n) is 5.38. The van der Waals surface area contributed by atoms with Gasteiger partial charge in [-0.15, -0.1) is 0 Å². The lowest BCUT2D eigenvalue weighted by Gasteiger charge is -2.38. The third-order valence-electron chi connectivity index (χ3n) is 4.09. The highest BCUT2D eigenvalue weighted by atomic mass is 16.6. The van der Waals surface area contributed by atoms with Gasteiger partial charge in [0.2, 0.25) is 0 Å². The predicted octanol–water partition coefficient (Wildman–Crippen LogP) is 1.81. The molecule has 0 unspecified atom stereocenters. The summed E-state index contributed by atoms with van der Waals surface area (Å²) >= 11 is 0. The molecule has 0 atom stereocenters. The van der Waals surface area contributed by atoms with Crippen molar-refractivity contribution in [3.8, 4) is 0 Å².